The van der Waals surface area contributed by atoms with E-state index in [1.165, 1.54) is 0 Å². The van der Waals surface area contributed by atoms with Gasteiger partial charge in [0.25, 0.3) is 0 Å². The number of hydrogen-bond donors (Lipinski definition) is 0. The first kappa shape index (κ1) is 20.8. The molecule has 10 rings (SSSR count). The maximum atomic E-state index is 15.9. The van der Waals surface area contributed by atoms with Crippen LogP contribution in [0.1, 0.15) is 29.2 Å². The van der Waals surface area contributed by atoms with Crippen molar-refractivity contribution in [1.29, 1.82) is 0 Å². The van der Waals surface area contributed by atoms with Gasteiger partial charge in [0.05, 0.1) is 10.8 Å². The van der Waals surface area contributed by atoms with Crippen molar-refractivity contribution < 1.29 is 14.4 Å². The number of fused-ring (bicyclic) bond motifs is 5. The van der Waals surface area contributed by atoms with E-state index in [4.69, 9.17) is 0 Å². The Morgan fingerprint density at radius 2 is 1.08 bits per heavy atom. The van der Waals surface area contributed by atoms with Crippen LogP contribution in [0.5, 0.6) is 0 Å². The van der Waals surface area contributed by atoms with Crippen molar-refractivity contribution in [3.05, 3.63) is 131 Å². The lowest BCUT2D eigenvalue weighted by molar-refractivity contribution is -0.173. The number of ketones is 3. The summed E-state index contributed by atoms with van der Waals surface area (Å²) in [7, 11) is 0. The zero-order chi connectivity index (χ0) is 26.2. The molecule has 6 aliphatic rings. The van der Waals surface area contributed by atoms with E-state index < -0.39 is 44.8 Å². The van der Waals surface area contributed by atoms with Gasteiger partial charge in [-0.3, -0.25) is 14.4 Å². The first-order valence-electron chi connectivity index (χ1n) is 13.9. The van der Waals surface area contributed by atoms with Crippen LogP contribution in [0.2, 0.25) is 0 Å². The number of carbonyl (C=O) groups is 3. The van der Waals surface area contributed by atoms with E-state index in [0.29, 0.717) is 0 Å². The Bertz CT molecular complexity index is 1880. The summed E-state index contributed by atoms with van der Waals surface area (Å²) in [5, 5.41) is 0. The van der Waals surface area contributed by atoms with Gasteiger partial charge in [0.15, 0.2) is 5.78 Å². The zero-order valence-electron chi connectivity index (χ0n) is 21.3. The fourth-order valence-electron chi connectivity index (χ4n) is 12.3. The van der Waals surface area contributed by atoms with Crippen LogP contribution in [-0.2, 0) is 36.0 Å². The molecule has 2 bridgehead atoms. The molecule has 0 saturated heterocycles. The van der Waals surface area contributed by atoms with E-state index in [2.05, 4.69) is 30.3 Å². The van der Waals surface area contributed by atoms with Crippen molar-refractivity contribution in [2.24, 2.45) is 23.2 Å². The van der Waals surface area contributed by atoms with Crippen LogP contribution in [0.3, 0.4) is 0 Å². The Labute approximate surface area is 225 Å². The van der Waals surface area contributed by atoms with Gasteiger partial charge in [-0.15, -0.1) is 0 Å². The third kappa shape index (κ3) is 1.42. The van der Waals surface area contributed by atoms with Gasteiger partial charge in [0.2, 0.25) is 0 Å². The second kappa shape index (κ2) is 5.74. The number of hydrogen-bond acceptors (Lipinski definition) is 3. The molecule has 3 nitrogen and oxygen atoms in total. The molecule has 186 valence electrons. The highest BCUT2D eigenvalue weighted by atomic mass is 16.2. The second-order valence-electron chi connectivity index (χ2n) is 12.7. The van der Waals surface area contributed by atoms with Crippen molar-refractivity contribution in [2.45, 2.75) is 28.6 Å². The molecule has 0 radical (unpaired) electrons. The van der Waals surface area contributed by atoms with Crippen molar-refractivity contribution in [3.63, 3.8) is 0 Å². The minimum atomic E-state index is -1.10. The maximum Gasteiger partial charge on any atom is 0.157 e. The molecule has 8 unspecified atom stereocenters. The standard InChI is InChI=1S/C36H24O3/c1-32-29-28(37)26-27(30(32)38)34(21-14-6-3-7-15-21)31(39)33(26,20-12-4-2-5-13-20)35(29)24-18-10-8-16-22(24)23-17-9-11-19-25(23)36(32,34)35/h2-19,26-27,29H,1H3. The van der Waals surface area contributed by atoms with Gasteiger partial charge in [-0.05, 0) is 33.4 Å². The van der Waals surface area contributed by atoms with Crippen molar-refractivity contribution in [2.75, 3.05) is 0 Å². The molecule has 0 N–H and O–H groups in total. The van der Waals surface area contributed by atoms with Gasteiger partial charge < -0.3 is 0 Å². The van der Waals surface area contributed by atoms with Crippen molar-refractivity contribution in [3.8, 4) is 11.1 Å². The largest absolute Gasteiger partial charge is 0.299 e. The fourth-order valence-corrected chi connectivity index (χ4v) is 12.3. The number of benzene rings is 4. The predicted molar refractivity (Wildman–Crippen MR) is 145 cm³/mol. The summed E-state index contributed by atoms with van der Waals surface area (Å²) in [6.07, 6.45) is 0. The van der Waals surface area contributed by atoms with E-state index >= 15 is 4.79 Å². The lowest BCUT2D eigenvalue weighted by Gasteiger charge is -2.74. The Balaban J connectivity index is 1.53. The number of carbonyl (C=O) groups excluding carboxylic acids is 3. The van der Waals surface area contributed by atoms with Gasteiger partial charge in [0, 0.05) is 34.0 Å². The molecule has 3 heteroatoms. The number of rotatable bonds is 2. The SMILES string of the molecule is CC12C(=O)C3C4C(=O)C1C15c6ccccc6-c6ccccc6C21C3(c1ccccc1)C(=O)C45c1ccccc1. The maximum absolute atomic E-state index is 15.9. The topological polar surface area (TPSA) is 51.2 Å². The molecule has 6 aliphatic carbocycles. The third-order valence-electron chi connectivity index (χ3n) is 12.4. The summed E-state index contributed by atoms with van der Waals surface area (Å²) in [6, 6.07) is 36.8. The lowest BCUT2D eigenvalue weighted by atomic mass is 9.25. The molecule has 0 aliphatic heterocycles. The molecule has 5 fully saturated rings. The average Bonchev–Trinajstić information content (AvgIpc) is 3.38. The van der Waals surface area contributed by atoms with Gasteiger partial charge in [0.1, 0.15) is 11.6 Å². The Kier molecular flexibility index (Phi) is 3.06. The Hall–Kier alpha value is -4.11. The van der Waals surface area contributed by atoms with Crippen LogP contribution in [0, 0.1) is 23.2 Å². The highest BCUT2D eigenvalue weighted by Gasteiger charge is 3.12. The van der Waals surface area contributed by atoms with E-state index in [9.17, 15) is 9.59 Å². The Morgan fingerprint density at radius 3 is 1.72 bits per heavy atom. The van der Waals surface area contributed by atoms with E-state index in [1.54, 1.807) is 0 Å². The van der Waals surface area contributed by atoms with Crippen LogP contribution < -0.4 is 0 Å². The first-order chi connectivity index (χ1) is 19.0. The van der Waals surface area contributed by atoms with Crippen LogP contribution in [0.4, 0.5) is 0 Å². The van der Waals surface area contributed by atoms with E-state index in [-0.39, 0.29) is 17.3 Å². The summed E-state index contributed by atoms with van der Waals surface area (Å²) >= 11 is 0. The quantitative estimate of drug-likeness (QED) is 0.370. The molecule has 8 atom stereocenters. The normalized spacial score (nSPS) is 42.4. The highest BCUT2D eigenvalue weighted by molar-refractivity contribution is 6.31. The van der Waals surface area contributed by atoms with Crippen LogP contribution in [0.15, 0.2) is 109 Å². The lowest BCUT2D eigenvalue weighted by Crippen LogP contribution is -2.80. The second-order valence-corrected chi connectivity index (χ2v) is 12.7. The van der Waals surface area contributed by atoms with Crippen molar-refractivity contribution in [1.82, 2.24) is 0 Å². The molecule has 0 heterocycles. The molecular formula is C36H24O3. The molecule has 5 saturated carbocycles. The Morgan fingerprint density at radius 1 is 0.564 bits per heavy atom. The van der Waals surface area contributed by atoms with Gasteiger partial charge in [-0.25, -0.2) is 0 Å². The van der Waals surface area contributed by atoms with Gasteiger partial charge >= 0.3 is 0 Å². The summed E-state index contributed by atoms with van der Waals surface area (Å²) in [6.45, 7) is 2.04. The van der Waals surface area contributed by atoms with Crippen molar-refractivity contribution >= 4 is 17.3 Å². The van der Waals surface area contributed by atoms with E-state index in [0.717, 1.165) is 33.4 Å². The molecule has 4 aromatic carbocycles. The van der Waals surface area contributed by atoms with Crippen LogP contribution >= 0.6 is 0 Å². The summed E-state index contributed by atoms with van der Waals surface area (Å²) in [5.41, 5.74) is 1.30. The minimum absolute atomic E-state index is 0.0827. The molecule has 4 aromatic rings. The zero-order valence-corrected chi connectivity index (χ0v) is 21.3. The molecule has 39 heavy (non-hydrogen) atoms. The minimum Gasteiger partial charge on any atom is -0.299 e. The highest BCUT2D eigenvalue weighted by Crippen LogP contribution is 3.01. The molecule has 0 amide bonds. The van der Waals surface area contributed by atoms with Gasteiger partial charge in [-0.1, -0.05) is 116 Å². The van der Waals surface area contributed by atoms with E-state index in [1.807, 2.05) is 85.8 Å². The van der Waals surface area contributed by atoms with Crippen LogP contribution in [-0.4, -0.2) is 17.3 Å². The molecule has 0 aromatic heterocycles. The van der Waals surface area contributed by atoms with Crippen LogP contribution in [0.25, 0.3) is 11.1 Å². The fraction of sp³-hybridized carbons (Fsp3) is 0.250. The summed E-state index contributed by atoms with van der Waals surface area (Å²) in [4.78, 5) is 45.6. The third-order valence-corrected chi connectivity index (χ3v) is 12.4. The summed E-state index contributed by atoms with van der Waals surface area (Å²) in [5.74, 6) is -1.50. The molecule has 2 spiro atoms. The monoisotopic (exact) mass is 504 g/mol. The number of Topliss-reactive ketones (excluding diaryl/α,β-unsaturated/α-hetero) is 3. The summed E-state index contributed by atoms with van der Waals surface area (Å²) < 4.78 is 0. The predicted octanol–water partition coefficient (Wildman–Crippen LogP) is 5.35. The van der Waals surface area contributed by atoms with Gasteiger partial charge in [-0.2, -0.15) is 0 Å². The average molecular weight is 505 g/mol. The molecular weight excluding hydrogens is 480 g/mol. The smallest absolute Gasteiger partial charge is 0.157 e. The first-order valence-corrected chi connectivity index (χ1v) is 13.9.